The average Bonchev–Trinajstić information content (AvgIpc) is 2.57. The maximum atomic E-state index is 11.6. The lowest BCUT2D eigenvalue weighted by Gasteiger charge is -2.13. The van der Waals surface area contributed by atoms with Crippen molar-refractivity contribution in [2.45, 2.75) is 20.3 Å². The maximum Gasteiger partial charge on any atom is 0.319 e. The number of amides is 2. The third kappa shape index (κ3) is 4.45. The highest BCUT2D eigenvalue weighted by molar-refractivity contribution is 5.90. The quantitative estimate of drug-likeness (QED) is 0.616. The molecule has 0 aromatic heterocycles. The van der Waals surface area contributed by atoms with Crippen molar-refractivity contribution in [1.82, 2.24) is 5.32 Å². The Balaban J connectivity index is 2.13. The zero-order valence-corrected chi connectivity index (χ0v) is 13.5. The number of carbonyl (C=O) groups is 1. The predicted octanol–water partition coefficient (Wildman–Crippen LogP) is 4.09. The fourth-order valence-electron chi connectivity index (χ4n) is 2.15. The molecule has 7 heteroatoms. The molecule has 24 heavy (non-hydrogen) atoms. The van der Waals surface area contributed by atoms with Gasteiger partial charge < -0.3 is 15.4 Å². The van der Waals surface area contributed by atoms with Gasteiger partial charge in [0.2, 0.25) is 0 Å². The average molecular weight is 329 g/mol. The molecule has 2 amide bonds. The summed E-state index contributed by atoms with van der Waals surface area (Å²) in [6.45, 7) is 4.38. The summed E-state index contributed by atoms with van der Waals surface area (Å²) in [5, 5.41) is 16.1. The Hall–Kier alpha value is -3.09. The first-order valence-corrected chi connectivity index (χ1v) is 7.63. The number of nitrogens with one attached hydrogen (secondary N) is 2. The summed E-state index contributed by atoms with van der Waals surface area (Å²) in [7, 11) is 0. The van der Waals surface area contributed by atoms with Crippen molar-refractivity contribution >= 4 is 17.4 Å². The highest BCUT2D eigenvalue weighted by Crippen LogP contribution is 2.28. The SMILES string of the molecule is CCNC(=O)Nc1ccc(Oc2ccc([N+](=O)[O-])cc2)cc1CC. The number of non-ortho nitro benzene ring substituents is 1. The van der Waals surface area contributed by atoms with E-state index in [1.807, 2.05) is 19.9 Å². The van der Waals surface area contributed by atoms with Crippen LogP contribution in [-0.4, -0.2) is 17.5 Å². The molecular formula is C17H19N3O4. The molecule has 2 N–H and O–H groups in total. The van der Waals surface area contributed by atoms with Crippen LogP contribution in [0.1, 0.15) is 19.4 Å². The number of benzene rings is 2. The molecule has 0 fully saturated rings. The highest BCUT2D eigenvalue weighted by Gasteiger charge is 2.09. The zero-order chi connectivity index (χ0) is 17.5. The zero-order valence-electron chi connectivity index (χ0n) is 13.5. The van der Waals surface area contributed by atoms with Crippen LogP contribution in [0.2, 0.25) is 0 Å². The highest BCUT2D eigenvalue weighted by atomic mass is 16.6. The van der Waals surface area contributed by atoms with Crippen LogP contribution >= 0.6 is 0 Å². The molecule has 0 bridgehead atoms. The first-order valence-electron chi connectivity index (χ1n) is 7.63. The molecule has 7 nitrogen and oxygen atoms in total. The Morgan fingerprint density at radius 3 is 2.38 bits per heavy atom. The van der Waals surface area contributed by atoms with E-state index >= 15 is 0 Å². The molecule has 0 saturated carbocycles. The standard InChI is InChI=1S/C17H19N3O4/c1-3-12-11-15(9-10-16(12)19-17(21)18-4-2)24-14-7-5-13(6-8-14)20(22)23/h5-11H,3-4H2,1-2H3,(H2,18,19,21). The van der Waals surface area contributed by atoms with E-state index in [0.717, 1.165) is 17.7 Å². The third-order valence-corrected chi connectivity index (χ3v) is 3.33. The van der Waals surface area contributed by atoms with Gasteiger partial charge in [0.05, 0.1) is 4.92 Å². The summed E-state index contributed by atoms with van der Waals surface area (Å²) in [5.41, 5.74) is 1.67. The van der Waals surface area contributed by atoms with Gasteiger partial charge in [-0.25, -0.2) is 4.79 Å². The predicted molar refractivity (Wildman–Crippen MR) is 91.7 cm³/mol. The first-order chi connectivity index (χ1) is 11.5. The van der Waals surface area contributed by atoms with Gasteiger partial charge >= 0.3 is 6.03 Å². The van der Waals surface area contributed by atoms with Gasteiger partial charge in [-0.2, -0.15) is 0 Å². The monoisotopic (exact) mass is 329 g/mol. The molecule has 0 heterocycles. The summed E-state index contributed by atoms with van der Waals surface area (Å²) in [4.78, 5) is 21.8. The number of hydrogen-bond acceptors (Lipinski definition) is 4. The number of urea groups is 1. The van der Waals surface area contributed by atoms with Crippen LogP contribution in [0.3, 0.4) is 0 Å². The molecule has 0 radical (unpaired) electrons. The van der Waals surface area contributed by atoms with E-state index in [-0.39, 0.29) is 11.7 Å². The minimum absolute atomic E-state index is 0.0121. The molecule has 0 aliphatic rings. The summed E-state index contributed by atoms with van der Waals surface area (Å²) < 4.78 is 5.71. The molecule has 0 spiro atoms. The number of hydrogen-bond donors (Lipinski definition) is 2. The number of nitro benzene ring substituents is 1. The lowest BCUT2D eigenvalue weighted by Crippen LogP contribution is -2.28. The molecular weight excluding hydrogens is 310 g/mol. The second-order valence-corrected chi connectivity index (χ2v) is 5.01. The molecule has 0 aliphatic carbocycles. The Labute approximate surface area is 139 Å². The Kier molecular flexibility index (Phi) is 5.73. The number of ether oxygens (including phenoxy) is 1. The third-order valence-electron chi connectivity index (χ3n) is 3.33. The fraction of sp³-hybridized carbons (Fsp3) is 0.235. The smallest absolute Gasteiger partial charge is 0.319 e. The first kappa shape index (κ1) is 17.3. The van der Waals surface area contributed by atoms with Crippen LogP contribution in [0.5, 0.6) is 11.5 Å². The number of aryl methyl sites for hydroxylation is 1. The molecule has 0 atom stereocenters. The number of nitro groups is 1. The van der Waals surface area contributed by atoms with E-state index in [1.165, 1.54) is 12.1 Å². The molecule has 0 saturated heterocycles. The Morgan fingerprint density at radius 2 is 1.79 bits per heavy atom. The lowest BCUT2D eigenvalue weighted by atomic mass is 10.1. The summed E-state index contributed by atoms with van der Waals surface area (Å²) >= 11 is 0. The molecule has 0 unspecified atom stereocenters. The second-order valence-electron chi connectivity index (χ2n) is 5.01. The lowest BCUT2D eigenvalue weighted by molar-refractivity contribution is -0.384. The minimum atomic E-state index is -0.458. The van der Waals surface area contributed by atoms with E-state index in [2.05, 4.69) is 10.6 Å². The van der Waals surface area contributed by atoms with Crippen LogP contribution in [-0.2, 0) is 6.42 Å². The minimum Gasteiger partial charge on any atom is -0.457 e. The largest absolute Gasteiger partial charge is 0.457 e. The summed E-state index contributed by atoms with van der Waals surface area (Å²) in [6.07, 6.45) is 0.721. The van der Waals surface area contributed by atoms with Crippen LogP contribution in [0.15, 0.2) is 42.5 Å². The molecule has 2 aromatic rings. The van der Waals surface area contributed by atoms with Gasteiger partial charge in [0.1, 0.15) is 11.5 Å². The Bertz CT molecular complexity index is 729. The van der Waals surface area contributed by atoms with Crippen LogP contribution in [0.4, 0.5) is 16.2 Å². The maximum absolute atomic E-state index is 11.6. The van der Waals surface area contributed by atoms with Gasteiger partial charge in [-0.1, -0.05) is 6.92 Å². The van der Waals surface area contributed by atoms with Crippen LogP contribution in [0, 0.1) is 10.1 Å². The normalized spacial score (nSPS) is 10.1. The number of carbonyl (C=O) groups excluding carboxylic acids is 1. The number of nitrogens with zero attached hydrogens (tertiary/aromatic N) is 1. The van der Waals surface area contributed by atoms with Crippen molar-refractivity contribution in [3.8, 4) is 11.5 Å². The second kappa shape index (κ2) is 7.96. The topological polar surface area (TPSA) is 93.5 Å². The molecule has 2 rings (SSSR count). The van der Waals surface area contributed by atoms with Crippen LogP contribution < -0.4 is 15.4 Å². The number of rotatable bonds is 6. The van der Waals surface area contributed by atoms with Crippen molar-refractivity contribution in [2.75, 3.05) is 11.9 Å². The van der Waals surface area contributed by atoms with Crippen molar-refractivity contribution in [3.63, 3.8) is 0 Å². The fourth-order valence-corrected chi connectivity index (χ4v) is 2.15. The Morgan fingerprint density at radius 1 is 1.12 bits per heavy atom. The van der Waals surface area contributed by atoms with E-state index < -0.39 is 4.92 Å². The summed E-state index contributed by atoms with van der Waals surface area (Å²) in [5.74, 6) is 1.11. The van der Waals surface area contributed by atoms with E-state index in [4.69, 9.17) is 4.74 Å². The van der Waals surface area contributed by atoms with Gasteiger partial charge in [0.25, 0.3) is 5.69 Å². The molecule has 126 valence electrons. The molecule has 2 aromatic carbocycles. The van der Waals surface area contributed by atoms with Crippen LogP contribution in [0.25, 0.3) is 0 Å². The van der Waals surface area contributed by atoms with Gasteiger partial charge in [-0.05, 0) is 49.2 Å². The van der Waals surface area contributed by atoms with Crippen molar-refractivity contribution in [3.05, 3.63) is 58.1 Å². The van der Waals surface area contributed by atoms with Gasteiger partial charge in [0, 0.05) is 24.4 Å². The number of anilines is 1. The van der Waals surface area contributed by atoms with E-state index in [1.54, 1.807) is 24.3 Å². The van der Waals surface area contributed by atoms with Crippen molar-refractivity contribution in [1.29, 1.82) is 0 Å². The van der Waals surface area contributed by atoms with Gasteiger partial charge in [-0.3, -0.25) is 10.1 Å². The van der Waals surface area contributed by atoms with Crippen molar-refractivity contribution in [2.24, 2.45) is 0 Å². The summed E-state index contributed by atoms with van der Waals surface area (Å²) in [6, 6.07) is 11.0. The van der Waals surface area contributed by atoms with Gasteiger partial charge in [-0.15, -0.1) is 0 Å². The van der Waals surface area contributed by atoms with Crippen molar-refractivity contribution < 1.29 is 14.5 Å². The van der Waals surface area contributed by atoms with E-state index in [9.17, 15) is 14.9 Å². The molecule has 0 aliphatic heterocycles. The van der Waals surface area contributed by atoms with Gasteiger partial charge in [0.15, 0.2) is 0 Å². The van der Waals surface area contributed by atoms with E-state index in [0.29, 0.717) is 18.0 Å².